The SMILES string of the molecule is CC(C(=O)Nc1ccc(F)c(N)c1)N(C)CCCN(C)C. The van der Waals surface area contributed by atoms with E-state index in [-0.39, 0.29) is 17.6 Å². The van der Waals surface area contributed by atoms with Crippen LogP contribution >= 0.6 is 0 Å². The van der Waals surface area contributed by atoms with Crippen LogP contribution in [0.2, 0.25) is 0 Å². The van der Waals surface area contributed by atoms with E-state index in [0.29, 0.717) is 5.69 Å². The average Bonchev–Trinajstić information content (AvgIpc) is 2.41. The van der Waals surface area contributed by atoms with Crippen molar-refractivity contribution >= 4 is 17.3 Å². The van der Waals surface area contributed by atoms with Crippen LogP contribution in [0.1, 0.15) is 13.3 Å². The number of amides is 1. The molecule has 118 valence electrons. The topological polar surface area (TPSA) is 61.6 Å². The van der Waals surface area contributed by atoms with Gasteiger partial charge in [0.2, 0.25) is 5.91 Å². The lowest BCUT2D eigenvalue weighted by Gasteiger charge is -2.24. The molecule has 5 nitrogen and oxygen atoms in total. The molecule has 3 N–H and O–H groups in total. The molecule has 1 aromatic rings. The van der Waals surface area contributed by atoms with Gasteiger partial charge in [0.1, 0.15) is 5.82 Å². The number of hydrogen-bond donors (Lipinski definition) is 2. The number of hydrogen-bond acceptors (Lipinski definition) is 4. The van der Waals surface area contributed by atoms with Gasteiger partial charge >= 0.3 is 0 Å². The Balaban J connectivity index is 2.51. The van der Waals surface area contributed by atoms with Gasteiger partial charge in [0.15, 0.2) is 0 Å². The summed E-state index contributed by atoms with van der Waals surface area (Å²) in [5, 5.41) is 2.75. The first-order chi connectivity index (χ1) is 9.81. The zero-order chi connectivity index (χ0) is 16.0. The monoisotopic (exact) mass is 296 g/mol. The summed E-state index contributed by atoms with van der Waals surface area (Å²) < 4.78 is 13.1. The van der Waals surface area contributed by atoms with Crippen molar-refractivity contribution in [1.82, 2.24) is 9.80 Å². The summed E-state index contributed by atoms with van der Waals surface area (Å²) in [5.41, 5.74) is 6.02. The molecule has 0 saturated heterocycles. The van der Waals surface area contributed by atoms with Crippen LogP contribution in [0.4, 0.5) is 15.8 Å². The molecule has 1 amide bonds. The molecule has 0 aromatic heterocycles. The summed E-state index contributed by atoms with van der Waals surface area (Å²) in [6.07, 6.45) is 0.991. The van der Waals surface area contributed by atoms with Crippen molar-refractivity contribution in [2.75, 3.05) is 45.3 Å². The minimum atomic E-state index is -0.484. The van der Waals surface area contributed by atoms with Gasteiger partial charge in [-0.25, -0.2) is 4.39 Å². The van der Waals surface area contributed by atoms with Gasteiger partial charge in [0.05, 0.1) is 11.7 Å². The number of halogens is 1. The summed E-state index contributed by atoms with van der Waals surface area (Å²) in [4.78, 5) is 16.3. The number of likely N-dealkylation sites (N-methyl/N-ethyl adjacent to an activating group) is 1. The highest BCUT2D eigenvalue weighted by Crippen LogP contribution is 2.16. The molecule has 0 radical (unpaired) electrons. The minimum Gasteiger partial charge on any atom is -0.396 e. The van der Waals surface area contributed by atoms with E-state index in [1.54, 1.807) is 0 Å². The van der Waals surface area contributed by atoms with Crippen LogP contribution in [0, 0.1) is 5.82 Å². The van der Waals surface area contributed by atoms with Crippen molar-refractivity contribution in [3.05, 3.63) is 24.0 Å². The molecule has 6 heteroatoms. The second-order valence-corrected chi connectivity index (χ2v) is 5.54. The molecule has 0 saturated carbocycles. The molecule has 0 aliphatic heterocycles. The van der Waals surface area contributed by atoms with Gasteiger partial charge in [0, 0.05) is 5.69 Å². The molecule has 0 heterocycles. The number of nitrogens with zero attached hydrogens (tertiary/aromatic N) is 2. The Labute approximate surface area is 125 Å². The third-order valence-corrected chi connectivity index (χ3v) is 3.42. The zero-order valence-corrected chi connectivity index (χ0v) is 13.2. The van der Waals surface area contributed by atoms with Crippen LogP contribution in [0.5, 0.6) is 0 Å². The first-order valence-electron chi connectivity index (χ1n) is 7.02. The lowest BCUT2D eigenvalue weighted by Crippen LogP contribution is -2.40. The Kier molecular flexibility index (Phi) is 6.58. The van der Waals surface area contributed by atoms with Gasteiger partial charge < -0.3 is 16.0 Å². The molecule has 1 aromatic carbocycles. The highest BCUT2D eigenvalue weighted by Gasteiger charge is 2.18. The summed E-state index contributed by atoms with van der Waals surface area (Å²) in [7, 11) is 5.96. The Morgan fingerprint density at radius 2 is 2.00 bits per heavy atom. The van der Waals surface area contributed by atoms with E-state index >= 15 is 0 Å². The van der Waals surface area contributed by atoms with Gasteiger partial charge in [-0.3, -0.25) is 9.69 Å². The van der Waals surface area contributed by atoms with Crippen LogP contribution in [0.25, 0.3) is 0 Å². The molecular formula is C15H25FN4O. The van der Waals surface area contributed by atoms with Crippen LogP contribution in [0.15, 0.2) is 18.2 Å². The number of nitrogens with two attached hydrogens (primary N) is 1. The number of anilines is 2. The largest absolute Gasteiger partial charge is 0.396 e. The third kappa shape index (κ3) is 5.69. The molecule has 1 atom stereocenters. The Bertz CT molecular complexity index is 479. The first-order valence-corrected chi connectivity index (χ1v) is 7.02. The van der Waals surface area contributed by atoms with E-state index in [2.05, 4.69) is 10.2 Å². The Morgan fingerprint density at radius 3 is 2.57 bits per heavy atom. The van der Waals surface area contributed by atoms with E-state index in [1.807, 2.05) is 33.0 Å². The molecule has 1 rings (SSSR count). The van der Waals surface area contributed by atoms with E-state index in [4.69, 9.17) is 5.73 Å². The third-order valence-electron chi connectivity index (χ3n) is 3.42. The Morgan fingerprint density at radius 1 is 1.33 bits per heavy atom. The van der Waals surface area contributed by atoms with Crippen LogP contribution in [0.3, 0.4) is 0 Å². The summed E-state index contributed by atoms with van der Waals surface area (Å²) in [5.74, 6) is -0.616. The number of rotatable bonds is 7. The predicted molar refractivity (Wildman–Crippen MR) is 84.7 cm³/mol. The van der Waals surface area contributed by atoms with Gasteiger partial charge in [-0.15, -0.1) is 0 Å². The summed E-state index contributed by atoms with van der Waals surface area (Å²) >= 11 is 0. The standard InChI is InChI=1S/C15H25FN4O/c1-11(20(4)9-5-8-19(2)3)15(21)18-12-6-7-13(16)14(17)10-12/h6-7,10-11H,5,8-9,17H2,1-4H3,(H,18,21). The van der Waals surface area contributed by atoms with Crippen molar-refractivity contribution in [3.8, 4) is 0 Å². The summed E-state index contributed by atoms with van der Waals surface area (Å²) in [6, 6.07) is 3.91. The van der Waals surface area contributed by atoms with Gasteiger partial charge in [0.25, 0.3) is 0 Å². The smallest absolute Gasteiger partial charge is 0.241 e. The number of nitrogen functional groups attached to an aromatic ring is 1. The van der Waals surface area contributed by atoms with Crippen molar-refractivity contribution in [2.24, 2.45) is 0 Å². The quantitative estimate of drug-likeness (QED) is 0.751. The lowest BCUT2D eigenvalue weighted by atomic mass is 10.2. The Hall–Kier alpha value is -1.66. The molecule has 0 fully saturated rings. The van der Waals surface area contributed by atoms with Crippen LogP contribution in [-0.4, -0.2) is 56.0 Å². The van der Waals surface area contributed by atoms with Crippen molar-refractivity contribution in [1.29, 1.82) is 0 Å². The van der Waals surface area contributed by atoms with Crippen molar-refractivity contribution in [2.45, 2.75) is 19.4 Å². The van der Waals surface area contributed by atoms with Crippen molar-refractivity contribution < 1.29 is 9.18 Å². The molecular weight excluding hydrogens is 271 g/mol. The van der Waals surface area contributed by atoms with E-state index in [1.165, 1.54) is 18.2 Å². The molecule has 0 bridgehead atoms. The predicted octanol–water partition coefficient (Wildman–Crippen LogP) is 1.62. The maximum atomic E-state index is 13.1. The maximum absolute atomic E-state index is 13.1. The van der Waals surface area contributed by atoms with Gasteiger partial charge in [-0.2, -0.15) is 0 Å². The number of nitrogens with one attached hydrogen (secondary N) is 1. The fraction of sp³-hybridized carbons (Fsp3) is 0.533. The molecule has 0 aliphatic rings. The summed E-state index contributed by atoms with van der Waals surface area (Å²) in [6.45, 7) is 3.66. The highest BCUT2D eigenvalue weighted by molar-refractivity contribution is 5.94. The molecule has 0 aliphatic carbocycles. The van der Waals surface area contributed by atoms with Gasteiger partial charge in [-0.05, 0) is 65.8 Å². The lowest BCUT2D eigenvalue weighted by molar-refractivity contribution is -0.120. The number of carbonyl (C=O) groups excluding carboxylic acids is 1. The normalized spacial score (nSPS) is 12.7. The fourth-order valence-electron chi connectivity index (χ4n) is 1.90. The highest BCUT2D eigenvalue weighted by atomic mass is 19.1. The van der Waals surface area contributed by atoms with E-state index < -0.39 is 5.82 Å². The van der Waals surface area contributed by atoms with Gasteiger partial charge in [-0.1, -0.05) is 0 Å². The van der Waals surface area contributed by atoms with E-state index in [0.717, 1.165) is 19.5 Å². The second kappa shape index (κ2) is 7.95. The van der Waals surface area contributed by atoms with Crippen LogP contribution in [-0.2, 0) is 4.79 Å². The minimum absolute atomic E-state index is 0.0276. The molecule has 0 spiro atoms. The average molecular weight is 296 g/mol. The molecule has 21 heavy (non-hydrogen) atoms. The first kappa shape index (κ1) is 17.4. The molecule has 1 unspecified atom stereocenters. The second-order valence-electron chi connectivity index (χ2n) is 5.54. The fourth-order valence-corrected chi connectivity index (χ4v) is 1.90. The van der Waals surface area contributed by atoms with Crippen LogP contribution < -0.4 is 11.1 Å². The van der Waals surface area contributed by atoms with Crippen molar-refractivity contribution in [3.63, 3.8) is 0 Å². The number of benzene rings is 1. The zero-order valence-electron chi connectivity index (χ0n) is 13.2. The van der Waals surface area contributed by atoms with E-state index in [9.17, 15) is 9.18 Å². The number of carbonyl (C=O) groups is 1. The maximum Gasteiger partial charge on any atom is 0.241 e.